The highest BCUT2D eigenvalue weighted by molar-refractivity contribution is 7.88. The number of benzene rings is 2. The van der Waals surface area contributed by atoms with E-state index >= 15 is 0 Å². The molecule has 0 fully saturated rings. The summed E-state index contributed by atoms with van der Waals surface area (Å²) in [5, 5.41) is 19.7. The molecule has 3 aliphatic rings. The third-order valence-corrected chi connectivity index (χ3v) is 9.60. The molecule has 49 heavy (non-hydrogen) atoms. The number of nitrogens with zero attached hydrogens (tertiary/aromatic N) is 2. The van der Waals surface area contributed by atoms with Gasteiger partial charge in [-0.2, -0.15) is 0 Å². The maximum absolute atomic E-state index is 14.0. The summed E-state index contributed by atoms with van der Waals surface area (Å²) in [6.07, 6.45) is 0.508. The number of nitrogens with one attached hydrogen (secondary N) is 4. The van der Waals surface area contributed by atoms with Gasteiger partial charge in [0.15, 0.2) is 17.7 Å². The Morgan fingerprint density at radius 1 is 1.12 bits per heavy atom. The first kappa shape index (κ1) is 32.6. The molecule has 14 nitrogen and oxygen atoms in total. The maximum atomic E-state index is 14.0. The van der Waals surface area contributed by atoms with Crippen LogP contribution in [0.15, 0.2) is 63.1 Å². The van der Waals surface area contributed by atoms with E-state index in [1.807, 2.05) is 42.5 Å². The predicted molar refractivity (Wildman–Crippen MR) is 177 cm³/mol. The van der Waals surface area contributed by atoms with Crippen molar-refractivity contribution in [1.29, 1.82) is 0 Å². The summed E-state index contributed by atoms with van der Waals surface area (Å²) in [7, 11) is -3.50. The predicted octanol–water partition coefficient (Wildman–Crippen LogP) is 2.78. The zero-order chi connectivity index (χ0) is 34.8. The lowest BCUT2D eigenvalue weighted by atomic mass is 9.72. The van der Waals surface area contributed by atoms with Crippen LogP contribution in [0.2, 0.25) is 0 Å². The number of anilines is 1. The van der Waals surface area contributed by atoms with E-state index in [9.17, 15) is 23.1 Å². The van der Waals surface area contributed by atoms with Crippen LogP contribution in [0.3, 0.4) is 0 Å². The van der Waals surface area contributed by atoms with Crippen molar-refractivity contribution in [3.05, 3.63) is 88.3 Å². The number of fused-ring (bicyclic) bond motifs is 4. The summed E-state index contributed by atoms with van der Waals surface area (Å²) in [6.45, 7) is 6.90. The molecule has 2 unspecified atom stereocenters. The molecule has 1 spiro atoms. The zero-order valence-electron chi connectivity index (χ0n) is 27.5. The normalized spacial score (nSPS) is 21.4. The number of oxazole rings is 2. The fraction of sp³-hybridized carbons (Fsp3) is 0.353. The molecule has 256 valence electrons. The van der Waals surface area contributed by atoms with Crippen LogP contribution in [0.25, 0.3) is 17.3 Å². The summed E-state index contributed by atoms with van der Waals surface area (Å²) in [4.78, 5) is 36.4. The van der Waals surface area contributed by atoms with Crippen LogP contribution in [0.4, 0.5) is 5.69 Å². The van der Waals surface area contributed by atoms with Crippen LogP contribution in [0.5, 0.6) is 5.75 Å². The fourth-order valence-corrected chi connectivity index (χ4v) is 6.91. The van der Waals surface area contributed by atoms with E-state index in [1.165, 1.54) is 6.26 Å². The molecule has 5 N–H and O–H groups in total. The Labute approximate surface area is 282 Å². The number of aromatic nitrogens is 2. The number of hydrogen-bond donors (Lipinski definition) is 5. The van der Waals surface area contributed by atoms with Crippen molar-refractivity contribution >= 4 is 33.2 Å². The van der Waals surface area contributed by atoms with Gasteiger partial charge in [0.05, 0.1) is 18.5 Å². The van der Waals surface area contributed by atoms with Crippen molar-refractivity contribution in [1.82, 2.24) is 25.3 Å². The largest absolute Gasteiger partial charge is 0.469 e. The van der Waals surface area contributed by atoms with Gasteiger partial charge in [0, 0.05) is 17.7 Å². The van der Waals surface area contributed by atoms with Crippen LogP contribution in [-0.2, 0) is 38.0 Å². The van der Waals surface area contributed by atoms with Crippen molar-refractivity contribution in [2.24, 2.45) is 5.92 Å². The molecule has 5 heterocycles. The van der Waals surface area contributed by atoms with Crippen molar-refractivity contribution in [2.75, 3.05) is 11.6 Å². The van der Waals surface area contributed by atoms with E-state index in [4.69, 9.17) is 18.6 Å². The molecular formula is C34H36N6O8S. The summed E-state index contributed by atoms with van der Waals surface area (Å²) < 4.78 is 45.2. The smallest absolute Gasteiger partial charge is 0.249 e. The summed E-state index contributed by atoms with van der Waals surface area (Å²) in [5.41, 5.74) is 3.45. The molecule has 2 amide bonds. The van der Waals surface area contributed by atoms with E-state index in [1.54, 1.807) is 27.7 Å². The molecule has 0 saturated carbocycles. The van der Waals surface area contributed by atoms with E-state index in [0.717, 1.165) is 28.6 Å². The van der Waals surface area contributed by atoms with Gasteiger partial charge >= 0.3 is 0 Å². The van der Waals surface area contributed by atoms with Crippen LogP contribution >= 0.6 is 0 Å². The molecule has 7 rings (SSSR count). The van der Waals surface area contributed by atoms with Crippen molar-refractivity contribution in [3.63, 3.8) is 0 Å². The molecule has 2 aromatic heterocycles. The summed E-state index contributed by atoms with van der Waals surface area (Å²) in [5.74, 6) is -0.532. The third kappa shape index (κ3) is 5.56. The SMILES string of the molecule is CC(C)=C1NC(=O)C(NC(=O)[C@@H](O)C(C)C)Cc2ccc3c(c2)C2(c4ccccc4N[C@H]2O3)c2oc1nc2-c1nc(CNS(C)(=O)=O)co1. The molecule has 0 radical (unpaired) electrons. The molecule has 15 heteroatoms. The average Bonchev–Trinajstić information content (AvgIpc) is 3.82. The summed E-state index contributed by atoms with van der Waals surface area (Å²) in [6, 6.07) is 12.3. The zero-order valence-corrected chi connectivity index (χ0v) is 28.3. The number of amides is 2. The van der Waals surface area contributed by atoms with Gasteiger partial charge in [-0.15, -0.1) is 0 Å². The minimum Gasteiger partial charge on any atom is -0.469 e. The number of ether oxygens (including phenoxy) is 1. The van der Waals surface area contributed by atoms with Crippen molar-refractivity contribution < 1.29 is 36.7 Å². The lowest BCUT2D eigenvalue weighted by Crippen LogP contribution is -2.51. The number of sulfonamides is 1. The van der Waals surface area contributed by atoms with Crippen molar-refractivity contribution in [3.8, 4) is 17.3 Å². The Kier molecular flexibility index (Phi) is 7.88. The minimum absolute atomic E-state index is 0.0577. The van der Waals surface area contributed by atoms with Gasteiger partial charge in [0.2, 0.25) is 33.6 Å². The quantitative estimate of drug-likeness (QED) is 0.191. The Morgan fingerprint density at radius 2 is 1.90 bits per heavy atom. The lowest BCUT2D eigenvalue weighted by Gasteiger charge is -2.28. The van der Waals surface area contributed by atoms with E-state index < -0.39 is 45.6 Å². The Balaban J connectivity index is 1.46. The van der Waals surface area contributed by atoms with Gasteiger partial charge in [0.25, 0.3) is 0 Å². The number of carbonyl (C=O) groups excluding carboxylic acids is 2. The first-order valence-corrected chi connectivity index (χ1v) is 17.7. The molecular weight excluding hydrogens is 652 g/mol. The van der Waals surface area contributed by atoms with Gasteiger partial charge in [-0.25, -0.2) is 23.1 Å². The second kappa shape index (κ2) is 11.9. The number of hydrogen-bond acceptors (Lipinski definition) is 11. The topological polar surface area (TPSA) is 198 Å². The second-order valence-electron chi connectivity index (χ2n) is 13.1. The number of aliphatic hydroxyl groups is 1. The molecule has 0 aliphatic carbocycles. The van der Waals surface area contributed by atoms with Gasteiger partial charge in [-0.05, 0) is 48.6 Å². The fourth-order valence-electron chi connectivity index (χ4n) is 6.50. The Morgan fingerprint density at radius 3 is 2.63 bits per heavy atom. The standard InChI is InChI=1S/C34H36N6O8S/c1-16(2)25-32-40-26(31-36-19(15-46-31)14-35-49(5,44)45)28(48-32)34-20-8-6-7-9-22(20)38-33(34)47-24-11-10-18(12-21(24)34)13-23(29(42)39-25)37-30(43)27(41)17(3)4/h6-12,15,17,23,27,33,35,38,41H,13-14H2,1-5H3,(H,37,43)(H,39,42)/t23?,27-,33-,34?/m0/s1. The van der Waals surface area contributed by atoms with E-state index in [-0.39, 0.29) is 42.1 Å². The van der Waals surface area contributed by atoms with Crippen molar-refractivity contribution in [2.45, 2.75) is 64.4 Å². The van der Waals surface area contributed by atoms with Gasteiger partial charge in [-0.1, -0.05) is 44.2 Å². The lowest BCUT2D eigenvalue weighted by molar-refractivity contribution is -0.135. The number of aliphatic hydroxyl groups excluding tert-OH is 1. The van der Waals surface area contributed by atoms with Crippen LogP contribution in [0, 0.1) is 5.92 Å². The van der Waals surface area contributed by atoms with Gasteiger partial charge < -0.3 is 34.6 Å². The molecule has 4 bridgehead atoms. The first-order valence-electron chi connectivity index (χ1n) is 15.8. The molecule has 3 aliphatic heterocycles. The first-order chi connectivity index (χ1) is 23.3. The highest BCUT2D eigenvalue weighted by Crippen LogP contribution is 2.59. The number of carbonyl (C=O) groups is 2. The highest BCUT2D eigenvalue weighted by Gasteiger charge is 2.61. The molecule has 4 aromatic rings. The van der Waals surface area contributed by atoms with E-state index in [0.29, 0.717) is 22.8 Å². The minimum atomic E-state index is -3.50. The third-order valence-electron chi connectivity index (χ3n) is 8.94. The average molecular weight is 689 g/mol. The number of allylic oxidation sites excluding steroid dienone is 1. The van der Waals surface area contributed by atoms with Gasteiger partial charge in [0.1, 0.15) is 35.3 Å². The van der Waals surface area contributed by atoms with Crippen LogP contribution in [0.1, 0.15) is 61.7 Å². The summed E-state index contributed by atoms with van der Waals surface area (Å²) >= 11 is 0. The highest BCUT2D eigenvalue weighted by atomic mass is 32.2. The van der Waals surface area contributed by atoms with Gasteiger partial charge in [-0.3, -0.25) is 9.59 Å². The molecule has 2 aromatic carbocycles. The Bertz CT molecular complexity index is 2130. The molecule has 0 saturated heterocycles. The monoisotopic (exact) mass is 688 g/mol. The Hall–Kier alpha value is -4.99. The van der Waals surface area contributed by atoms with E-state index in [2.05, 4.69) is 25.7 Å². The second-order valence-corrected chi connectivity index (χ2v) is 14.9. The van der Waals surface area contributed by atoms with Crippen LogP contribution in [-0.4, -0.2) is 59.9 Å². The number of rotatable bonds is 7. The molecule has 4 atom stereocenters. The number of para-hydroxylation sites is 1. The van der Waals surface area contributed by atoms with Crippen LogP contribution < -0.4 is 25.4 Å². The maximum Gasteiger partial charge on any atom is 0.249 e.